The average Bonchev–Trinajstić information content (AvgIpc) is 3.21. The molecule has 3 aromatic rings. The molecule has 8 heteroatoms. The van der Waals surface area contributed by atoms with Crippen molar-refractivity contribution in [3.8, 4) is 17.4 Å². The standard InChI is InChI=1S/C21H28N4O3S/c1-5-28-16-9-8-15(11-17(16)27-4)18(24-10-6-7-13(2)12-24)19-20(26)25-21(29-19)22-14(3)23-25/h8-9,11,13,18,26H,5-7,10,12H2,1-4H3/t13-,18+/m0/s1. The summed E-state index contributed by atoms with van der Waals surface area (Å²) in [4.78, 5) is 8.47. The molecule has 0 radical (unpaired) electrons. The van der Waals surface area contributed by atoms with E-state index in [4.69, 9.17) is 9.47 Å². The van der Waals surface area contributed by atoms with Crippen LogP contribution in [0.3, 0.4) is 0 Å². The van der Waals surface area contributed by atoms with Crippen LogP contribution in [0.25, 0.3) is 4.96 Å². The van der Waals surface area contributed by atoms with Gasteiger partial charge >= 0.3 is 0 Å². The maximum atomic E-state index is 11.0. The zero-order valence-corrected chi connectivity index (χ0v) is 18.2. The lowest BCUT2D eigenvalue weighted by molar-refractivity contribution is 0.149. The van der Waals surface area contributed by atoms with Gasteiger partial charge in [0.05, 0.1) is 24.6 Å². The summed E-state index contributed by atoms with van der Waals surface area (Å²) in [5.74, 6) is 2.87. The molecule has 0 amide bonds. The van der Waals surface area contributed by atoms with Gasteiger partial charge < -0.3 is 14.6 Å². The number of aryl methyl sites for hydroxylation is 1. The molecule has 1 aromatic carbocycles. The molecule has 0 saturated carbocycles. The van der Waals surface area contributed by atoms with Gasteiger partial charge in [-0.15, -0.1) is 5.10 Å². The summed E-state index contributed by atoms with van der Waals surface area (Å²) in [7, 11) is 1.66. The third kappa shape index (κ3) is 3.79. The second-order valence-electron chi connectivity index (χ2n) is 7.63. The number of methoxy groups -OCH3 is 1. The van der Waals surface area contributed by atoms with E-state index in [0.717, 1.165) is 35.7 Å². The summed E-state index contributed by atoms with van der Waals surface area (Å²) in [6, 6.07) is 5.96. The van der Waals surface area contributed by atoms with Crippen LogP contribution >= 0.6 is 11.3 Å². The Kier molecular flexibility index (Phi) is 5.65. The number of aromatic hydroxyl groups is 1. The van der Waals surface area contributed by atoms with Crippen molar-refractivity contribution in [2.75, 3.05) is 26.8 Å². The van der Waals surface area contributed by atoms with Gasteiger partial charge in [-0.25, -0.2) is 4.98 Å². The van der Waals surface area contributed by atoms with E-state index in [-0.39, 0.29) is 11.9 Å². The lowest BCUT2D eigenvalue weighted by Gasteiger charge is -2.37. The third-order valence-electron chi connectivity index (χ3n) is 5.41. The molecule has 2 atom stereocenters. The number of rotatable bonds is 6. The minimum absolute atomic E-state index is 0.0869. The Morgan fingerprint density at radius 2 is 2.17 bits per heavy atom. The molecule has 7 nitrogen and oxygen atoms in total. The van der Waals surface area contributed by atoms with Gasteiger partial charge in [0.1, 0.15) is 5.82 Å². The summed E-state index contributed by atoms with van der Waals surface area (Å²) in [5.41, 5.74) is 1.07. The fourth-order valence-corrected chi connectivity index (χ4v) is 5.31. The van der Waals surface area contributed by atoms with Crippen molar-refractivity contribution < 1.29 is 14.6 Å². The first kappa shape index (κ1) is 20.0. The molecule has 1 fully saturated rings. The summed E-state index contributed by atoms with van der Waals surface area (Å²) in [5, 5.41) is 15.3. The van der Waals surface area contributed by atoms with Crippen LogP contribution in [0.4, 0.5) is 0 Å². The predicted molar refractivity (Wildman–Crippen MR) is 113 cm³/mol. The van der Waals surface area contributed by atoms with Crippen molar-refractivity contribution >= 4 is 16.3 Å². The third-order valence-corrected chi connectivity index (χ3v) is 6.48. The van der Waals surface area contributed by atoms with Gasteiger partial charge in [-0.2, -0.15) is 4.52 Å². The number of benzene rings is 1. The molecule has 1 aliphatic heterocycles. The van der Waals surface area contributed by atoms with Crippen molar-refractivity contribution in [2.45, 2.75) is 39.7 Å². The minimum atomic E-state index is -0.0869. The Hall–Kier alpha value is -2.32. The van der Waals surface area contributed by atoms with Crippen LogP contribution in [0.5, 0.6) is 17.4 Å². The highest BCUT2D eigenvalue weighted by Gasteiger charge is 2.32. The second kappa shape index (κ2) is 8.20. The molecule has 0 bridgehead atoms. The van der Waals surface area contributed by atoms with E-state index in [1.807, 2.05) is 26.0 Å². The predicted octanol–water partition coefficient (Wildman–Crippen LogP) is 4.03. The Morgan fingerprint density at radius 3 is 2.86 bits per heavy atom. The van der Waals surface area contributed by atoms with Gasteiger partial charge in [0.25, 0.3) is 0 Å². The Morgan fingerprint density at radius 1 is 1.34 bits per heavy atom. The van der Waals surface area contributed by atoms with Gasteiger partial charge in [-0.1, -0.05) is 24.3 Å². The van der Waals surface area contributed by atoms with Crippen LogP contribution in [0.1, 0.15) is 49.0 Å². The highest BCUT2D eigenvalue weighted by molar-refractivity contribution is 7.17. The van der Waals surface area contributed by atoms with Crippen molar-refractivity contribution in [3.05, 3.63) is 34.5 Å². The number of aromatic nitrogens is 3. The smallest absolute Gasteiger partial charge is 0.230 e. The molecule has 0 unspecified atom stereocenters. The van der Waals surface area contributed by atoms with E-state index >= 15 is 0 Å². The van der Waals surface area contributed by atoms with E-state index in [2.05, 4.69) is 28.0 Å². The molecule has 29 heavy (non-hydrogen) atoms. The number of fused-ring (bicyclic) bond motifs is 1. The number of likely N-dealkylation sites (tertiary alicyclic amines) is 1. The molecule has 156 valence electrons. The van der Waals surface area contributed by atoms with Crippen molar-refractivity contribution in [1.29, 1.82) is 0 Å². The summed E-state index contributed by atoms with van der Waals surface area (Å²) in [6.07, 6.45) is 2.38. The second-order valence-corrected chi connectivity index (χ2v) is 8.64. The Labute approximate surface area is 174 Å². The first-order chi connectivity index (χ1) is 14.0. The maximum absolute atomic E-state index is 11.0. The lowest BCUT2D eigenvalue weighted by Crippen LogP contribution is -2.37. The number of ether oxygens (including phenoxy) is 2. The molecule has 1 N–H and O–H groups in total. The molecule has 0 aliphatic carbocycles. The van der Waals surface area contributed by atoms with Crippen LogP contribution < -0.4 is 9.47 Å². The van der Waals surface area contributed by atoms with E-state index in [9.17, 15) is 5.11 Å². The summed E-state index contributed by atoms with van der Waals surface area (Å²) in [6.45, 7) is 8.62. The molecule has 1 saturated heterocycles. The number of nitrogens with zero attached hydrogens (tertiary/aromatic N) is 4. The average molecular weight is 417 g/mol. The van der Waals surface area contributed by atoms with Gasteiger partial charge in [0, 0.05) is 6.54 Å². The Balaban J connectivity index is 1.82. The molecular weight excluding hydrogens is 388 g/mol. The van der Waals surface area contributed by atoms with Crippen molar-refractivity contribution in [2.24, 2.45) is 5.92 Å². The number of hydrogen-bond donors (Lipinski definition) is 1. The van der Waals surface area contributed by atoms with Gasteiger partial charge in [0.2, 0.25) is 10.8 Å². The van der Waals surface area contributed by atoms with E-state index < -0.39 is 0 Å². The fraction of sp³-hybridized carbons (Fsp3) is 0.524. The van der Waals surface area contributed by atoms with Crippen LogP contribution in [-0.4, -0.2) is 51.4 Å². The SMILES string of the molecule is CCOc1ccc([C@H](c2sc3nc(C)nn3c2O)N2CCC[C@H](C)C2)cc1OC. The van der Waals surface area contributed by atoms with Crippen LogP contribution in [-0.2, 0) is 0 Å². The highest BCUT2D eigenvalue weighted by atomic mass is 32.1. The van der Waals surface area contributed by atoms with Crippen molar-refractivity contribution in [1.82, 2.24) is 19.5 Å². The molecular formula is C21H28N4O3S. The maximum Gasteiger partial charge on any atom is 0.230 e. The van der Waals surface area contributed by atoms with Gasteiger partial charge in [0.15, 0.2) is 11.5 Å². The fourth-order valence-electron chi connectivity index (χ4n) is 4.14. The largest absolute Gasteiger partial charge is 0.493 e. The van der Waals surface area contributed by atoms with Crippen LogP contribution in [0.2, 0.25) is 0 Å². The quantitative estimate of drug-likeness (QED) is 0.654. The molecule has 0 spiro atoms. The molecule has 3 heterocycles. The number of hydrogen-bond acceptors (Lipinski definition) is 7. The topological polar surface area (TPSA) is 72.1 Å². The van der Waals surface area contributed by atoms with Gasteiger partial charge in [-0.05, 0) is 56.8 Å². The van der Waals surface area contributed by atoms with E-state index in [1.54, 1.807) is 11.6 Å². The van der Waals surface area contributed by atoms with E-state index in [0.29, 0.717) is 29.1 Å². The first-order valence-electron chi connectivity index (χ1n) is 10.1. The van der Waals surface area contributed by atoms with Crippen LogP contribution in [0.15, 0.2) is 18.2 Å². The number of piperidine rings is 1. The van der Waals surface area contributed by atoms with Crippen LogP contribution in [0, 0.1) is 12.8 Å². The highest BCUT2D eigenvalue weighted by Crippen LogP contribution is 2.43. The molecule has 2 aromatic heterocycles. The lowest BCUT2D eigenvalue weighted by atomic mass is 9.95. The summed E-state index contributed by atoms with van der Waals surface area (Å²) < 4.78 is 12.8. The normalized spacial score (nSPS) is 18.8. The monoisotopic (exact) mass is 416 g/mol. The zero-order chi connectivity index (χ0) is 20.5. The van der Waals surface area contributed by atoms with E-state index in [1.165, 1.54) is 17.8 Å². The first-order valence-corrected chi connectivity index (χ1v) is 10.9. The summed E-state index contributed by atoms with van der Waals surface area (Å²) >= 11 is 1.50. The zero-order valence-electron chi connectivity index (χ0n) is 17.4. The minimum Gasteiger partial charge on any atom is -0.493 e. The van der Waals surface area contributed by atoms with Crippen molar-refractivity contribution in [3.63, 3.8) is 0 Å². The Bertz CT molecular complexity index is 999. The number of thiazole rings is 1. The molecule has 1 aliphatic rings. The van der Waals surface area contributed by atoms with Gasteiger partial charge in [-0.3, -0.25) is 4.90 Å². The molecule has 4 rings (SSSR count).